The fourth-order valence-electron chi connectivity index (χ4n) is 0.960. The first kappa shape index (κ1) is 15.4. The van der Waals surface area contributed by atoms with Crippen LogP contribution < -0.4 is 0 Å². The van der Waals surface area contributed by atoms with E-state index in [4.69, 9.17) is 9.47 Å². The van der Waals surface area contributed by atoms with E-state index in [9.17, 15) is 14.7 Å². The van der Waals surface area contributed by atoms with Gasteiger partial charge in [0.1, 0.15) is 5.57 Å². The summed E-state index contributed by atoms with van der Waals surface area (Å²) >= 11 is 0. The molecule has 17 heavy (non-hydrogen) atoms. The van der Waals surface area contributed by atoms with Gasteiger partial charge in [-0.25, -0.2) is 9.59 Å². The molecule has 0 rings (SSSR count). The maximum absolute atomic E-state index is 11.5. The molecule has 1 N–H and O–H groups in total. The molecule has 0 aromatic carbocycles. The maximum atomic E-state index is 11.5. The van der Waals surface area contributed by atoms with Crippen LogP contribution in [0.5, 0.6) is 0 Å². The highest BCUT2D eigenvalue weighted by Gasteiger charge is 2.28. The zero-order valence-corrected chi connectivity index (χ0v) is 10.3. The smallest absolute Gasteiger partial charge is 0.340 e. The molecule has 0 fully saturated rings. The third-order valence-electron chi connectivity index (χ3n) is 1.69. The van der Waals surface area contributed by atoms with Crippen LogP contribution in [0.3, 0.4) is 0 Å². The molecular formula is C11H18O6. The molecule has 1 unspecified atom stereocenters. The monoisotopic (exact) mass is 246 g/mol. The van der Waals surface area contributed by atoms with Crippen LogP contribution in [0.4, 0.5) is 0 Å². The predicted molar refractivity (Wildman–Crippen MR) is 59.0 cm³/mol. The summed E-state index contributed by atoms with van der Waals surface area (Å²) in [7, 11) is 0. The standard InChI is InChI=1S/C11H18O6/c1-4-15-7-8(10(13)16-5-2)9(12)11(14)17-6-3/h7,9,12H,4-6H2,1-3H3. The Morgan fingerprint density at radius 3 is 2.18 bits per heavy atom. The molecule has 0 saturated heterocycles. The Kier molecular flexibility index (Phi) is 7.79. The summed E-state index contributed by atoms with van der Waals surface area (Å²) < 4.78 is 14.2. The van der Waals surface area contributed by atoms with Crippen LogP contribution in [0.25, 0.3) is 0 Å². The van der Waals surface area contributed by atoms with Gasteiger partial charge in [0.25, 0.3) is 0 Å². The third kappa shape index (κ3) is 5.35. The Hall–Kier alpha value is -1.56. The molecule has 0 aliphatic rings. The Balaban J connectivity index is 4.78. The molecule has 1 atom stereocenters. The zero-order valence-electron chi connectivity index (χ0n) is 10.3. The lowest BCUT2D eigenvalue weighted by Gasteiger charge is -2.12. The molecule has 0 bridgehead atoms. The van der Waals surface area contributed by atoms with Crippen molar-refractivity contribution in [1.82, 2.24) is 0 Å². The van der Waals surface area contributed by atoms with Crippen molar-refractivity contribution in [2.45, 2.75) is 26.9 Å². The average molecular weight is 246 g/mol. The van der Waals surface area contributed by atoms with Gasteiger partial charge in [-0.3, -0.25) is 0 Å². The summed E-state index contributed by atoms with van der Waals surface area (Å²) in [4.78, 5) is 22.7. The second kappa shape index (κ2) is 8.58. The maximum Gasteiger partial charge on any atom is 0.340 e. The topological polar surface area (TPSA) is 82.1 Å². The van der Waals surface area contributed by atoms with Gasteiger partial charge in [-0.05, 0) is 20.8 Å². The molecule has 6 nitrogen and oxygen atoms in total. The molecule has 0 saturated carbocycles. The van der Waals surface area contributed by atoms with E-state index in [1.807, 2.05) is 0 Å². The fraction of sp³-hybridized carbons (Fsp3) is 0.636. The van der Waals surface area contributed by atoms with Crippen LogP contribution in [0.1, 0.15) is 20.8 Å². The van der Waals surface area contributed by atoms with Crippen LogP contribution in [0.2, 0.25) is 0 Å². The van der Waals surface area contributed by atoms with Gasteiger partial charge in [0.15, 0.2) is 6.10 Å². The van der Waals surface area contributed by atoms with E-state index in [1.165, 1.54) is 0 Å². The van der Waals surface area contributed by atoms with Gasteiger partial charge in [0, 0.05) is 0 Å². The van der Waals surface area contributed by atoms with Crippen LogP contribution in [-0.4, -0.2) is 43.0 Å². The van der Waals surface area contributed by atoms with Crippen molar-refractivity contribution in [3.63, 3.8) is 0 Å². The number of hydrogen-bond acceptors (Lipinski definition) is 6. The number of carbonyl (C=O) groups excluding carboxylic acids is 2. The molecule has 0 amide bonds. The molecule has 0 heterocycles. The van der Waals surface area contributed by atoms with Crippen LogP contribution in [0, 0.1) is 0 Å². The number of aliphatic hydroxyl groups excluding tert-OH is 1. The number of aliphatic hydroxyl groups is 1. The van der Waals surface area contributed by atoms with Gasteiger partial charge in [-0.2, -0.15) is 0 Å². The molecule has 0 radical (unpaired) electrons. The SMILES string of the molecule is CCOC=C(C(=O)OCC)C(O)C(=O)OCC. The molecular weight excluding hydrogens is 228 g/mol. The molecule has 0 aromatic heterocycles. The van der Waals surface area contributed by atoms with Gasteiger partial charge in [0.2, 0.25) is 0 Å². The Labute approximate surface area is 100 Å². The minimum absolute atomic E-state index is 0.112. The largest absolute Gasteiger partial charge is 0.501 e. The molecule has 0 spiro atoms. The lowest BCUT2D eigenvalue weighted by atomic mass is 10.1. The van der Waals surface area contributed by atoms with Gasteiger partial charge in [0.05, 0.1) is 26.1 Å². The quantitative estimate of drug-likeness (QED) is 0.397. The fourth-order valence-corrected chi connectivity index (χ4v) is 0.960. The van der Waals surface area contributed by atoms with Crippen molar-refractivity contribution in [2.75, 3.05) is 19.8 Å². The lowest BCUT2D eigenvalue weighted by molar-refractivity contribution is -0.154. The van der Waals surface area contributed by atoms with E-state index < -0.39 is 18.0 Å². The number of esters is 2. The Morgan fingerprint density at radius 1 is 1.12 bits per heavy atom. The summed E-state index contributed by atoms with van der Waals surface area (Å²) in [5.41, 5.74) is -0.271. The summed E-state index contributed by atoms with van der Waals surface area (Å²) in [5, 5.41) is 9.61. The van der Waals surface area contributed by atoms with Crippen molar-refractivity contribution in [1.29, 1.82) is 0 Å². The first-order valence-electron chi connectivity index (χ1n) is 5.41. The van der Waals surface area contributed by atoms with Crippen LogP contribution in [0.15, 0.2) is 11.8 Å². The van der Waals surface area contributed by atoms with E-state index >= 15 is 0 Å². The second-order valence-electron chi connectivity index (χ2n) is 2.90. The molecule has 0 aliphatic carbocycles. The van der Waals surface area contributed by atoms with Crippen molar-refractivity contribution in [2.24, 2.45) is 0 Å². The Morgan fingerprint density at radius 2 is 1.71 bits per heavy atom. The highest BCUT2D eigenvalue weighted by Crippen LogP contribution is 2.08. The van der Waals surface area contributed by atoms with Crippen molar-refractivity contribution < 1.29 is 28.9 Å². The summed E-state index contributed by atoms with van der Waals surface area (Å²) in [6, 6.07) is 0. The van der Waals surface area contributed by atoms with Gasteiger partial charge >= 0.3 is 11.9 Å². The second-order valence-corrected chi connectivity index (χ2v) is 2.90. The first-order valence-corrected chi connectivity index (χ1v) is 5.41. The predicted octanol–water partition coefficient (Wildman–Crippen LogP) is 0.394. The van der Waals surface area contributed by atoms with Crippen molar-refractivity contribution >= 4 is 11.9 Å². The highest BCUT2D eigenvalue weighted by atomic mass is 16.6. The molecule has 0 aliphatic heterocycles. The van der Waals surface area contributed by atoms with Crippen molar-refractivity contribution in [3.8, 4) is 0 Å². The third-order valence-corrected chi connectivity index (χ3v) is 1.69. The van der Waals surface area contributed by atoms with E-state index in [1.54, 1.807) is 20.8 Å². The zero-order chi connectivity index (χ0) is 13.3. The van der Waals surface area contributed by atoms with E-state index in [2.05, 4.69) is 4.74 Å². The van der Waals surface area contributed by atoms with E-state index in [-0.39, 0.29) is 18.8 Å². The average Bonchev–Trinajstić information content (AvgIpc) is 2.30. The van der Waals surface area contributed by atoms with Crippen LogP contribution >= 0.6 is 0 Å². The number of hydrogen-bond donors (Lipinski definition) is 1. The number of ether oxygens (including phenoxy) is 3. The number of rotatable bonds is 7. The minimum Gasteiger partial charge on any atom is -0.501 e. The number of carbonyl (C=O) groups is 2. The van der Waals surface area contributed by atoms with Gasteiger partial charge in [-0.1, -0.05) is 0 Å². The highest BCUT2D eigenvalue weighted by molar-refractivity contribution is 5.96. The normalized spacial score (nSPS) is 12.8. The van der Waals surface area contributed by atoms with E-state index in [0.29, 0.717) is 6.61 Å². The molecule has 0 aromatic rings. The van der Waals surface area contributed by atoms with Crippen molar-refractivity contribution in [3.05, 3.63) is 11.8 Å². The minimum atomic E-state index is -1.69. The lowest BCUT2D eigenvalue weighted by Crippen LogP contribution is -2.30. The van der Waals surface area contributed by atoms with Crippen LogP contribution in [-0.2, 0) is 23.8 Å². The summed E-state index contributed by atoms with van der Waals surface area (Å²) in [5.74, 6) is -1.71. The molecule has 98 valence electrons. The summed E-state index contributed by atoms with van der Waals surface area (Å²) in [6.45, 7) is 5.47. The first-order chi connectivity index (χ1) is 8.08. The van der Waals surface area contributed by atoms with E-state index in [0.717, 1.165) is 6.26 Å². The Bertz CT molecular complexity index is 284. The summed E-state index contributed by atoms with van der Waals surface area (Å²) in [6.07, 6.45) is -0.680. The van der Waals surface area contributed by atoms with Gasteiger partial charge in [-0.15, -0.1) is 0 Å². The molecule has 6 heteroatoms. The van der Waals surface area contributed by atoms with Gasteiger partial charge < -0.3 is 19.3 Å².